The van der Waals surface area contributed by atoms with Gasteiger partial charge in [-0.15, -0.1) is 0 Å². The van der Waals surface area contributed by atoms with Crippen molar-refractivity contribution in [3.63, 3.8) is 0 Å². The van der Waals surface area contributed by atoms with E-state index in [1.54, 1.807) is 6.07 Å². The van der Waals surface area contributed by atoms with Crippen molar-refractivity contribution in [1.82, 2.24) is 9.97 Å². The Morgan fingerprint density at radius 1 is 1.56 bits per heavy atom. The van der Waals surface area contributed by atoms with Crippen molar-refractivity contribution in [2.75, 3.05) is 19.8 Å². The number of imidazole rings is 1. The van der Waals surface area contributed by atoms with E-state index < -0.39 is 5.41 Å². The second-order valence-electron chi connectivity index (χ2n) is 4.86. The van der Waals surface area contributed by atoms with E-state index in [4.69, 9.17) is 10.5 Å². The molecule has 1 aromatic heterocycles. The van der Waals surface area contributed by atoms with Crippen LogP contribution in [-0.2, 0) is 4.74 Å². The average molecular weight is 245 g/mol. The summed E-state index contributed by atoms with van der Waals surface area (Å²) >= 11 is 0. The fraction of sp³-hybridized carbons (Fsp3) is 0.385. The van der Waals surface area contributed by atoms with Crippen molar-refractivity contribution in [1.29, 1.82) is 0 Å². The Labute approximate surface area is 104 Å². The first-order chi connectivity index (χ1) is 8.64. The molecule has 1 saturated heterocycles. The number of Topliss-reactive ketones (excluding diaryl/α,β-unsaturated/α-hetero) is 1. The van der Waals surface area contributed by atoms with Crippen LogP contribution in [0.4, 0.5) is 0 Å². The number of nitrogens with zero attached hydrogens (tertiary/aromatic N) is 1. The molecule has 18 heavy (non-hydrogen) atoms. The van der Waals surface area contributed by atoms with Crippen molar-refractivity contribution in [2.24, 2.45) is 11.1 Å². The molecule has 0 atom stereocenters. The Morgan fingerprint density at radius 2 is 2.33 bits per heavy atom. The molecule has 1 fully saturated rings. The molecule has 1 aromatic carbocycles. The number of nitrogens with one attached hydrogen (secondary N) is 1. The van der Waals surface area contributed by atoms with Crippen LogP contribution in [0, 0.1) is 12.3 Å². The summed E-state index contributed by atoms with van der Waals surface area (Å²) in [6.45, 7) is 3.05. The van der Waals surface area contributed by atoms with Gasteiger partial charge >= 0.3 is 0 Å². The zero-order valence-corrected chi connectivity index (χ0v) is 10.2. The van der Waals surface area contributed by atoms with Gasteiger partial charge in [-0.2, -0.15) is 0 Å². The highest BCUT2D eigenvalue weighted by molar-refractivity contribution is 6.03. The van der Waals surface area contributed by atoms with Gasteiger partial charge in [-0.05, 0) is 25.1 Å². The van der Waals surface area contributed by atoms with E-state index in [0.717, 1.165) is 16.9 Å². The zero-order valence-electron chi connectivity index (χ0n) is 10.2. The molecular formula is C13H15N3O2. The molecule has 0 bridgehead atoms. The molecule has 94 valence electrons. The minimum atomic E-state index is -0.525. The monoisotopic (exact) mass is 245 g/mol. The summed E-state index contributed by atoms with van der Waals surface area (Å²) in [6, 6.07) is 5.50. The third-order valence-electron chi connectivity index (χ3n) is 3.49. The number of carbonyl (C=O) groups is 1. The number of aryl methyl sites for hydroxylation is 1. The van der Waals surface area contributed by atoms with Crippen LogP contribution in [-0.4, -0.2) is 35.5 Å². The molecule has 5 heteroatoms. The zero-order chi connectivity index (χ0) is 12.8. The molecule has 2 aromatic rings. The number of rotatable bonds is 3. The number of carbonyl (C=O) groups excluding carboxylic acids is 1. The first kappa shape index (κ1) is 11.4. The van der Waals surface area contributed by atoms with E-state index in [1.165, 1.54) is 0 Å². The highest BCUT2D eigenvalue weighted by Gasteiger charge is 2.44. The summed E-state index contributed by atoms with van der Waals surface area (Å²) < 4.78 is 5.14. The molecule has 1 aliphatic rings. The predicted octanol–water partition coefficient (Wildman–Crippen LogP) is 1.03. The number of ketones is 1. The van der Waals surface area contributed by atoms with Gasteiger partial charge in [0, 0.05) is 12.1 Å². The van der Waals surface area contributed by atoms with Crippen LogP contribution >= 0.6 is 0 Å². The number of fused-ring (bicyclic) bond motifs is 1. The smallest absolute Gasteiger partial charge is 0.174 e. The normalized spacial score (nSPS) is 17.7. The molecule has 1 aliphatic heterocycles. The number of aromatic nitrogens is 2. The second-order valence-corrected chi connectivity index (χ2v) is 4.86. The maximum absolute atomic E-state index is 12.4. The van der Waals surface area contributed by atoms with Gasteiger partial charge in [0.05, 0.1) is 29.7 Å². The third kappa shape index (κ3) is 1.55. The van der Waals surface area contributed by atoms with Crippen LogP contribution in [0.3, 0.4) is 0 Å². The molecule has 3 N–H and O–H groups in total. The summed E-state index contributed by atoms with van der Waals surface area (Å²) in [5.41, 5.74) is 7.60. The molecule has 0 saturated carbocycles. The van der Waals surface area contributed by atoms with Crippen LogP contribution in [0.1, 0.15) is 16.2 Å². The fourth-order valence-electron chi connectivity index (χ4n) is 2.27. The maximum Gasteiger partial charge on any atom is 0.174 e. The van der Waals surface area contributed by atoms with Crippen LogP contribution in [0.15, 0.2) is 18.2 Å². The van der Waals surface area contributed by atoms with E-state index in [1.807, 2.05) is 19.1 Å². The maximum atomic E-state index is 12.4. The van der Waals surface area contributed by atoms with Crippen molar-refractivity contribution in [2.45, 2.75) is 6.92 Å². The first-order valence-corrected chi connectivity index (χ1v) is 5.94. The van der Waals surface area contributed by atoms with Crippen molar-refractivity contribution >= 4 is 16.8 Å². The predicted molar refractivity (Wildman–Crippen MR) is 67.5 cm³/mol. The first-order valence-electron chi connectivity index (χ1n) is 5.94. The lowest BCUT2D eigenvalue weighted by atomic mass is 9.78. The van der Waals surface area contributed by atoms with Gasteiger partial charge < -0.3 is 15.5 Å². The van der Waals surface area contributed by atoms with Crippen LogP contribution in [0.5, 0.6) is 0 Å². The van der Waals surface area contributed by atoms with E-state index in [2.05, 4.69) is 9.97 Å². The van der Waals surface area contributed by atoms with Gasteiger partial charge in [0.25, 0.3) is 0 Å². The van der Waals surface area contributed by atoms with Crippen LogP contribution < -0.4 is 5.73 Å². The number of hydrogen-bond donors (Lipinski definition) is 2. The van der Waals surface area contributed by atoms with E-state index >= 15 is 0 Å². The van der Waals surface area contributed by atoms with Gasteiger partial charge in [0.2, 0.25) is 0 Å². The standard InChI is InChI=1S/C13H15N3O2/c1-8-15-10-3-2-9(4-11(10)16-8)12(17)13(5-14)6-18-7-13/h2-4H,5-7,14H2,1H3,(H,15,16). The second kappa shape index (κ2) is 3.90. The molecule has 0 amide bonds. The molecule has 5 nitrogen and oxygen atoms in total. The number of nitrogens with two attached hydrogens (primary N) is 1. The fourth-order valence-corrected chi connectivity index (χ4v) is 2.27. The minimum Gasteiger partial charge on any atom is -0.379 e. The van der Waals surface area contributed by atoms with Crippen molar-refractivity contribution < 1.29 is 9.53 Å². The van der Waals surface area contributed by atoms with Gasteiger partial charge in [-0.25, -0.2) is 4.98 Å². The summed E-state index contributed by atoms with van der Waals surface area (Å²) in [5, 5.41) is 0. The molecular weight excluding hydrogens is 230 g/mol. The molecule has 0 spiro atoms. The summed E-state index contributed by atoms with van der Waals surface area (Å²) in [4.78, 5) is 19.9. The molecule has 0 radical (unpaired) electrons. The lowest BCUT2D eigenvalue weighted by Crippen LogP contribution is -2.54. The third-order valence-corrected chi connectivity index (χ3v) is 3.49. The van der Waals surface area contributed by atoms with E-state index in [9.17, 15) is 4.79 Å². The van der Waals surface area contributed by atoms with Gasteiger partial charge in [-0.3, -0.25) is 4.79 Å². The van der Waals surface area contributed by atoms with E-state index in [-0.39, 0.29) is 5.78 Å². The number of aromatic amines is 1. The van der Waals surface area contributed by atoms with Gasteiger partial charge in [0.1, 0.15) is 5.82 Å². The highest BCUT2D eigenvalue weighted by Crippen LogP contribution is 2.31. The molecule has 0 unspecified atom stereocenters. The number of benzene rings is 1. The topological polar surface area (TPSA) is 81.0 Å². The summed E-state index contributed by atoms with van der Waals surface area (Å²) in [5.74, 6) is 0.903. The molecule has 0 aliphatic carbocycles. The Balaban J connectivity index is 2.01. The SMILES string of the molecule is Cc1nc2ccc(C(=O)C3(CN)COC3)cc2[nH]1. The number of ether oxygens (including phenoxy) is 1. The number of hydrogen-bond acceptors (Lipinski definition) is 4. The largest absolute Gasteiger partial charge is 0.379 e. The van der Waals surface area contributed by atoms with E-state index in [0.29, 0.717) is 25.3 Å². The lowest BCUT2D eigenvalue weighted by molar-refractivity contribution is -0.0816. The van der Waals surface area contributed by atoms with Crippen molar-refractivity contribution in [3.8, 4) is 0 Å². The van der Waals surface area contributed by atoms with Gasteiger partial charge in [-0.1, -0.05) is 0 Å². The van der Waals surface area contributed by atoms with Crippen molar-refractivity contribution in [3.05, 3.63) is 29.6 Å². The van der Waals surface area contributed by atoms with Crippen LogP contribution in [0.2, 0.25) is 0 Å². The number of H-pyrrole nitrogens is 1. The molecule has 2 heterocycles. The Kier molecular flexibility index (Phi) is 2.46. The van der Waals surface area contributed by atoms with Gasteiger partial charge in [0.15, 0.2) is 5.78 Å². The van der Waals surface area contributed by atoms with Crippen LogP contribution in [0.25, 0.3) is 11.0 Å². The summed E-state index contributed by atoms with van der Waals surface area (Å²) in [7, 11) is 0. The average Bonchev–Trinajstić information content (AvgIpc) is 2.67. The highest BCUT2D eigenvalue weighted by atomic mass is 16.5. The quantitative estimate of drug-likeness (QED) is 0.791. The Hall–Kier alpha value is -1.72. The lowest BCUT2D eigenvalue weighted by Gasteiger charge is -2.38. The Morgan fingerprint density at radius 3 is 2.94 bits per heavy atom. The minimum absolute atomic E-state index is 0.0606. The summed E-state index contributed by atoms with van der Waals surface area (Å²) in [6.07, 6.45) is 0. The Bertz CT molecular complexity index is 608. The molecule has 3 rings (SSSR count).